The second-order valence-corrected chi connectivity index (χ2v) is 4.07. The monoisotopic (exact) mass is 224 g/mol. The first kappa shape index (κ1) is 12.7. The van der Waals surface area contributed by atoms with Gasteiger partial charge in [0.05, 0.1) is 0 Å². The van der Waals surface area contributed by atoms with E-state index in [0.717, 1.165) is 24.2 Å². The molecule has 0 bridgehead atoms. The number of nitrogens with zero attached hydrogens (tertiary/aromatic N) is 1. The van der Waals surface area contributed by atoms with E-state index in [9.17, 15) is 4.79 Å². The predicted octanol–water partition coefficient (Wildman–Crippen LogP) is 3.20. The molecule has 1 heterocycles. The minimum Gasteiger partial charge on any atom is -0.359 e. The van der Waals surface area contributed by atoms with E-state index in [1.54, 1.807) is 0 Å². The van der Waals surface area contributed by atoms with Crippen molar-refractivity contribution in [1.82, 2.24) is 5.16 Å². The maximum atomic E-state index is 11.5. The third-order valence-electron chi connectivity index (χ3n) is 2.67. The van der Waals surface area contributed by atoms with E-state index in [1.165, 1.54) is 12.8 Å². The molecule has 0 spiro atoms. The molecule has 0 aromatic carbocycles. The van der Waals surface area contributed by atoms with Crippen molar-refractivity contribution in [1.29, 1.82) is 0 Å². The molecule has 1 N–H and O–H groups in total. The van der Waals surface area contributed by atoms with Crippen molar-refractivity contribution < 1.29 is 9.32 Å². The smallest absolute Gasteiger partial charge is 0.225 e. The van der Waals surface area contributed by atoms with Gasteiger partial charge in [-0.1, -0.05) is 31.3 Å². The summed E-state index contributed by atoms with van der Waals surface area (Å²) in [5, 5.41) is 6.56. The van der Waals surface area contributed by atoms with Gasteiger partial charge in [-0.3, -0.25) is 4.79 Å². The lowest BCUT2D eigenvalue weighted by Crippen LogP contribution is -2.12. The van der Waals surface area contributed by atoms with Gasteiger partial charge in [-0.2, -0.15) is 0 Å². The SMILES string of the molecule is CCCCCCC(=O)Nc1noc(C)c1C. The van der Waals surface area contributed by atoms with E-state index in [2.05, 4.69) is 17.4 Å². The van der Waals surface area contributed by atoms with Crippen molar-refractivity contribution >= 4 is 11.7 Å². The highest BCUT2D eigenvalue weighted by Crippen LogP contribution is 2.16. The Morgan fingerprint density at radius 2 is 2.06 bits per heavy atom. The summed E-state index contributed by atoms with van der Waals surface area (Å²) in [7, 11) is 0. The Morgan fingerprint density at radius 1 is 1.31 bits per heavy atom. The topological polar surface area (TPSA) is 55.1 Å². The molecule has 0 saturated heterocycles. The number of aryl methyl sites for hydroxylation is 1. The molecule has 1 rings (SSSR count). The number of carbonyl (C=O) groups excluding carboxylic acids is 1. The Bertz CT molecular complexity index is 345. The molecule has 90 valence electrons. The molecular formula is C12H20N2O2. The summed E-state index contributed by atoms with van der Waals surface area (Å²) < 4.78 is 4.97. The molecule has 0 unspecified atom stereocenters. The van der Waals surface area contributed by atoms with Crippen LogP contribution in [0.25, 0.3) is 0 Å². The molecule has 4 nitrogen and oxygen atoms in total. The van der Waals surface area contributed by atoms with E-state index in [4.69, 9.17) is 4.52 Å². The summed E-state index contributed by atoms with van der Waals surface area (Å²) in [6.45, 7) is 5.87. The van der Waals surface area contributed by atoms with E-state index >= 15 is 0 Å². The van der Waals surface area contributed by atoms with Crippen molar-refractivity contribution in [3.63, 3.8) is 0 Å². The molecule has 1 aromatic rings. The Kier molecular flexibility index (Phi) is 5.02. The van der Waals surface area contributed by atoms with Crippen LogP contribution in [0.4, 0.5) is 5.82 Å². The van der Waals surface area contributed by atoms with Gasteiger partial charge in [0.2, 0.25) is 5.91 Å². The molecule has 0 radical (unpaired) electrons. The number of hydrogen-bond donors (Lipinski definition) is 1. The number of aromatic nitrogens is 1. The van der Waals surface area contributed by atoms with Crippen LogP contribution in [0, 0.1) is 13.8 Å². The molecule has 4 heteroatoms. The molecule has 0 saturated carbocycles. The highest BCUT2D eigenvalue weighted by Gasteiger charge is 2.10. The Hall–Kier alpha value is -1.32. The summed E-state index contributed by atoms with van der Waals surface area (Å²) in [6.07, 6.45) is 4.99. The number of rotatable bonds is 6. The normalized spacial score (nSPS) is 10.4. The van der Waals surface area contributed by atoms with Crippen LogP contribution in [0.1, 0.15) is 50.4 Å². The van der Waals surface area contributed by atoms with Crippen molar-refractivity contribution in [3.05, 3.63) is 11.3 Å². The number of unbranched alkanes of at least 4 members (excludes halogenated alkanes) is 3. The molecule has 1 aromatic heterocycles. The molecule has 0 aliphatic carbocycles. The van der Waals surface area contributed by atoms with Crippen LogP contribution in [-0.2, 0) is 4.79 Å². The van der Waals surface area contributed by atoms with Gasteiger partial charge < -0.3 is 9.84 Å². The fourth-order valence-electron chi connectivity index (χ4n) is 1.44. The fourth-order valence-corrected chi connectivity index (χ4v) is 1.44. The molecule has 0 aliphatic heterocycles. The van der Waals surface area contributed by atoms with Crippen LogP contribution in [0.5, 0.6) is 0 Å². The lowest BCUT2D eigenvalue weighted by Gasteiger charge is -2.02. The number of hydrogen-bond acceptors (Lipinski definition) is 3. The Labute approximate surface area is 96.4 Å². The summed E-state index contributed by atoms with van der Waals surface area (Å²) in [5.74, 6) is 1.33. The largest absolute Gasteiger partial charge is 0.359 e. The van der Waals surface area contributed by atoms with Crippen molar-refractivity contribution in [2.24, 2.45) is 0 Å². The molecule has 1 amide bonds. The first-order valence-electron chi connectivity index (χ1n) is 5.88. The summed E-state index contributed by atoms with van der Waals surface area (Å²) >= 11 is 0. The van der Waals surface area contributed by atoms with Gasteiger partial charge in [-0.05, 0) is 20.3 Å². The molecule has 16 heavy (non-hydrogen) atoms. The fraction of sp³-hybridized carbons (Fsp3) is 0.667. The van der Waals surface area contributed by atoms with E-state index < -0.39 is 0 Å². The number of nitrogens with one attached hydrogen (secondary N) is 1. The molecule has 0 aliphatic rings. The first-order chi connectivity index (χ1) is 7.65. The van der Waals surface area contributed by atoms with Gasteiger partial charge in [0.15, 0.2) is 5.82 Å². The molecule has 0 fully saturated rings. The van der Waals surface area contributed by atoms with Gasteiger partial charge in [-0.25, -0.2) is 0 Å². The number of carbonyl (C=O) groups is 1. The maximum absolute atomic E-state index is 11.5. The zero-order chi connectivity index (χ0) is 12.0. The summed E-state index contributed by atoms with van der Waals surface area (Å²) in [6, 6.07) is 0. The Balaban J connectivity index is 2.31. The van der Waals surface area contributed by atoms with Crippen molar-refractivity contribution in [3.8, 4) is 0 Å². The van der Waals surface area contributed by atoms with E-state index in [0.29, 0.717) is 12.2 Å². The van der Waals surface area contributed by atoms with Gasteiger partial charge in [-0.15, -0.1) is 0 Å². The first-order valence-corrected chi connectivity index (χ1v) is 5.88. The summed E-state index contributed by atoms with van der Waals surface area (Å²) in [4.78, 5) is 11.5. The highest BCUT2D eigenvalue weighted by molar-refractivity contribution is 5.90. The zero-order valence-electron chi connectivity index (χ0n) is 10.3. The van der Waals surface area contributed by atoms with Crippen LogP contribution < -0.4 is 5.32 Å². The second-order valence-electron chi connectivity index (χ2n) is 4.07. The lowest BCUT2D eigenvalue weighted by atomic mass is 10.1. The lowest BCUT2D eigenvalue weighted by molar-refractivity contribution is -0.116. The average Bonchev–Trinajstić information content (AvgIpc) is 2.56. The summed E-state index contributed by atoms with van der Waals surface area (Å²) in [5.41, 5.74) is 0.905. The van der Waals surface area contributed by atoms with Gasteiger partial charge >= 0.3 is 0 Å². The van der Waals surface area contributed by atoms with Crippen molar-refractivity contribution in [2.75, 3.05) is 5.32 Å². The van der Waals surface area contributed by atoms with E-state index in [-0.39, 0.29) is 5.91 Å². The van der Waals surface area contributed by atoms with Gasteiger partial charge in [0, 0.05) is 12.0 Å². The van der Waals surface area contributed by atoms with Crippen LogP contribution in [0.3, 0.4) is 0 Å². The molecule has 0 atom stereocenters. The zero-order valence-corrected chi connectivity index (χ0v) is 10.3. The third kappa shape index (κ3) is 3.68. The Morgan fingerprint density at radius 3 is 2.62 bits per heavy atom. The standard InChI is InChI=1S/C12H20N2O2/c1-4-5-6-7-8-11(15)13-12-9(2)10(3)16-14-12/h4-8H2,1-3H3,(H,13,14,15). The quantitative estimate of drug-likeness (QED) is 0.755. The number of amides is 1. The van der Waals surface area contributed by atoms with Gasteiger partial charge in [0.1, 0.15) is 5.76 Å². The van der Waals surface area contributed by atoms with E-state index in [1.807, 2.05) is 13.8 Å². The van der Waals surface area contributed by atoms with Crippen molar-refractivity contribution in [2.45, 2.75) is 52.9 Å². The van der Waals surface area contributed by atoms with Gasteiger partial charge in [0.25, 0.3) is 0 Å². The predicted molar refractivity (Wildman–Crippen MR) is 63.4 cm³/mol. The second kappa shape index (κ2) is 6.30. The third-order valence-corrected chi connectivity index (χ3v) is 2.67. The average molecular weight is 224 g/mol. The van der Waals surface area contributed by atoms with Crippen LogP contribution >= 0.6 is 0 Å². The molecular weight excluding hydrogens is 204 g/mol. The minimum absolute atomic E-state index is 0.0208. The van der Waals surface area contributed by atoms with Crippen LogP contribution in [0.2, 0.25) is 0 Å². The number of anilines is 1. The highest BCUT2D eigenvalue weighted by atomic mass is 16.5. The maximum Gasteiger partial charge on any atom is 0.225 e. The minimum atomic E-state index is 0.0208. The van der Waals surface area contributed by atoms with Crippen LogP contribution in [0.15, 0.2) is 4.52 Å². The van der Waals surface area contributed by atoms with Crippen LogP contribution in [-0.4, -0.2) is 11.1 Å².